The highest BCUT2D eigenvalue weighted by atomic mass is 16.7. The van der Waals surface area contributed by atoms with E-state index in [2.05, 4.69) is 0 Å². The van der Waals surface area contributed by atoms with Crippen LogP contribution < -0.4 is 14.2 Å². The Bertz CT molecular complexity index is 1330. The minimum atomic E-state index is -0.00603. The standard InChI is InChI=1S/C24H15NO4/c1-27-14-8-6-13(7-9-14)21-17-10-19-20(29-12-28-19)11-18(17)25-23-15-4-2-3-5-16(15)24(26)22(21)23/h2-11H,12H2,1H3. The van der Waals surface area contributed by atoms with Crippen LogP contribution in [0.1, 0.15) is 15.9 Å². The molecule has 6 rings (SSSR count). The van der Waals surface area contributed by atoms with Crippen LogP contribution in [0.2, 0.25) is 0 Å². The third kappa shape index (κ3) is 2.21. The lowest BCUT2D eigenvalue weighted by Gasteiger charge is -2.13. The van der Waals surface area contributed by atoms with Gasteiger partial charge in [-0.3, -0.25) is 4.79 Å². The van der Waals surface area contributed by atoms with Gasteiger partial charge < -0.3 is 14.2 Å². The maximum Gasteiger partial charge on any atom is 0.231 e. The largest absolute Gasteiger partial charge is 0.497 e. The summed E-state index contributed by atoms with van der Waals surface area (Å²) in [5.74, 6) is 2.09. The number of benzene rings is 3. The molecule has 0 saturated heterocycles. The summed E-state index contributed by atoms with van der Waals surface area (Å²) in [4.78, 5) is 18.2. The van der Waals surface area contributed by atoms with E-state index in [0.29, 0.717) is 28.3 Å². The van der Waals surface area contributed by atoms with Gasteiger partial charge in [0.25, 0.3) is 0 Å². The van der Waals surface area contributed by atoms with E-state index in [-0.39, 0.29) is 12.6 Å². The molecule has 1 aliphatic carbocycles. The van der Waals surface area contributed by atoms with Crippen LogP contribution in [0, 0.1) is 0 Å². The van der Waals surface area contributed by atoms with Crippen molar-refractivity contribution < 1.29 is 19.0 Å². The lowest BCUT2D eigenvalue weighted by atomic mass is 9.93. The molecule has 0 atom stereocenters. The third-order valence-corrected chi connectivity index (χ3v) is 5.51. The molecule has 0 amide bonds. The van der Waals surface area contributed by atoms with E-state index < -0.39 is 0 Å². The number of ketones is 1. The van der Waals surface area contributed by atoms with E-state index in [1.54, 1.807) is 7.11 Å². The van der Waals surface area contributed by atoms with Crippen LogP contribution in [-0.4, -0.2) is 24.7 Å². The zero-order valence-corrected chi connectivity index (χ0v) is 15.6. The van der Waals surface area contributed by atoms with E-state index in [9.17, 15) is 4.79 Å². The molecule has 0 spiro atoms. The Morgan fingerprint density at radius 3 is 2.38 bits per heavy atom. The predicted octanol–water partition coefficient (Wildman–Crippen LogP) is 4.85. The molecule has 0 bridgehead atoms. The average Bonchev–Trinajstić information content (AvgIpc) is 3.33. The highest BCUT2D eigenvalue weighted by Gasteiger charge is 2.33. The van der Waals surface area contributed by atoms with Gasteiger partial charge in [0, 0.05) is 28.1 Å². The minimum absolute atomic E-state index is 0.00603. The van der Waals surface area contributed by atoms with E-state index in [1.165, 1.54) is 0 Å². The van der Waals surface area contributed by atoms with Gasteiger partial charge in [-0.05, 0) is 23.8 Å². The Hall–Kier alpha value is -3.86. The quantitative estimate of drug-likeness (QED) is 0.437. The average molecular weight is 381 g/mol. The second-order valence-corrected chi connectivity index (χ2v) is 7.04. The maximum atomic E-state index is 13.4. The molecule has 4 aromatic rings. The normalized spacial score (nSPS) is 13.5. The number of pyridine rings is 1. The summed E-state index contributed by atoms with van der Waals surface area (Å²) in [5, 5.41) is 0.860. The number of nitrogens with zero attached hydrogens (tertiary/aromatic N) is 1. The van der Waals surface area contributed by atoms with Crippen molar-refractivity contribution >= 4 is 16.7 Å². The van der Waals surface area contributed by atoms with Crippen LogP contribution >= 0.6 is 0 Å². The molecular formula is C24H15NO4. The number of ether oxygens (including phenoxy) is 3. The highest BCUT2D eigenvalue weighted by Crippen LogP contribution is 2.46. The molecule has 2 heterocycles. The fraction of sp³-hybridized carbons (Fsp3) is 0.0833. The zero-order valence-electron chi connectivity index (χ0n) is 15.6. The first-order valence-electron chi connectivity index (χ1n) is 9.30. The molecule has 3 aromatic carbocycles. The Labute approximate surface area is 166 Å². The van der Waals surface area contributed by atoms with Crippen molar-refractivity contribution in [1.82, 2.24) is 4.98 Å². The SMILES string of the molecule is COc1ccc(-c2c3c(nc4cc5c(cc24)OCO5)-c2ccccc2C3=O)cc1. The lowest BCUT2D eigenvalue weighted by Crippen LogP contribution is -2.01. The second-order valence-electron chi connectivity index (χ2n) is 7.04. The molecule has 0 saturated carbocycles. The summed E-state index contributed by atoms with van der Waals surface area (Å²) in [5.41, 5.74) is 5.43. The Balaban J connectivity index is 1.73. The van der Waals surface area contributed by atoms with Gasteiger partial charge in [0.1, 0.15) is 5.75 Å². The third-order valence-electron chi connectivity index (χ3n) is 5.51. The van der Waals surface area contributed by atoms with Crippen LogP contribution in [-0.2, 0) is 0 Å². The van der Waals surface area contributed by atoms with Gasteiger partial charge in [0.2, 0.25) is 6.79 Å². The second kappa shape index (κ2) is 5.82. The molecule has 1 aromatic heterocycles. The number of fused-ring (bicyclic) bond motifs is 5. The van der Waals surface area contributed by atoms with Gasteiger partial charge in [-0.15, -0.1) is 0 Å². The van der Waals surface area contributed by atoms with Gasteiger partial charge in [-0.2, -0.15) is 0 Å². The molecule has 0 unspecified atom stereocenters. The van der Waals surface area contributed by atoms with Gasteiger partial charge in [0.15, 0.2) is 17.3 Å². The molecule has 0 N–H and O–H groups in total. The van der Waals surface area contributed by atoms with E-state index in [1.807, 2.05) is 60.7 Å². The number of hydrogen-bond acceptors (Lipinski definition) is 5. The molecule has 29 heavy (non-hydrogen) atoms. The first kappa shape index (κ1) is 16.1. The highest BCUT2D eigenvalue weighted by molar-refractivity contribution is 6.26. The van der Waals surface area contributed by atoms with Crippen LogP contribution in [0.5, 0.6) is 17.2 Å². The summed E-state index contributed by atoms with van der Waals surface area (Å²) in [6.45, 7) is 0.186. The number of methoxy groups -OCH3 is 1. The molecule has 5 nitrogen and oxygen atoms in total. The van der Waals surface area contributed by atoms with Crippen molar-refractivity contribution in [2.45, 2.75) is 0 Å². The zero-order chi connectivity index (χ0) is 19.5. The fourth-order valence-corrected chi connectivity index (χ4v) is 4.15. The number of rotatable bonds is 2. The summed E-state index contributed by atoms with van der Waals surface area (Å²) < 4.78 is 16.4. The summed E-state index contributed by atoms with van der Waals surface area (Å²) >= 11 is 0. The maximum absolute atomic E-state index is 13.4. The first-order valence-corrected chi connectivity index (χ1v) is 9.30. The van der Waals surface area contributed by atoms with Crippen LogP contribution in [0.4, 0.5) is 0 Å². The van der Waals surface area contributed by atoms with E-state index >= 15 is 0 Å². The van der Waals surface area contributed by atoms with Crippen molar-refractivity contribution in [3.63, 3.8) is 0 Å². The predicted molar refractivity (Wildman–Crippen MR) is 109 cm³/mol. The van der Waals surface area contributed by atoms with Gasteiger partial charge in [-0.1, -0.05) is 36.4 Å². The Morgan fingerprint density at radius 1 is 0.897 bits per heavy atom. The fourth-order valence-electron chi connectivity index (χ4n) is 4.15. The number of hydrogen-bond donors (Lipinski definition) is 0. The summed E-state index contributed by atoms with van der Waals surface area (Å²) in [6, 6.07) is 19.1. The number of carbonyl (C=O) groups is 1. The van der Waals surface area contributed by atoms with E-state index in [4.69, 9.17) is 19.2 Å². The van der Waals surface area contributed by atoms with Crippen molar-refractivity contribution in [2.75, 3.05) is 13.9 Å². The van der Waals surface area contributed by atoms with Crippen LogP contribution in [0.3, 0.4) is 0 Å². The topological polar surface area (TPSA) is 57.6 Å². The minimum Gasteiger partial charge on any atom is -0.497 e. The molecular weight excluding hydrogens is 366 g/mol. The van der Waals surface area contributed by atoms with Crippen molar-refractivity contribution in [2.24, 2.45) is 0 Å². The van der Waals surface area contributed by atoms with Crippen molar-refractivity contribution in [3.8, 4) is 39.6 Å². The Kier molecular flexibility index (Phi) is 3.23. The summed E-state index contributed by atoms with van der Waals surface area (Å²) in [7, 11) is 1.63. The lowest BCUT2D eigenvalue weighted by molar-refractivity contribution is 0.104. The monoisotopic (exact) mass is 381 g/mol. The molecule has 140 valence electrons. The summed E-state index contributed by atoms with van der Waals surface area (Å²) in [6.07, 6.45) is 0. The van der Waals surface area contributed by atoms with Gasteiger partial charge in [-0.25, -0.2) is 4.98 Å². The molecule has 2 aliphatic rings. The first-order chi connectivity index (χ1) is 14.2. The van der Waals surface area contributed by atoms with Crippen molar-refractivity contribution in [1.29, 1.82) is 0 Å². The van der Waals surface area contributed by atoms with E-state index in [0.717, 1.165) is 33.3 Å². The van der Waals surface area contributed by atoms with Gasteiger partial charge in [0.05, 0.1) is 23.9 Å². The Morgan fingerprint density at radius 2 is 1.62 bits per heavy atom. The molecule has 0 radical (unpaired) electrons. The number of carbonyl (C=O) groups excluding carboxylic acids is 1. The van der Waals surface area contributed by atoms with Gasteiger partial charge >= 0.3 is 0 Å². The van der Waals surface area contributed by atoms with Crippen molar-refractivity contribution in [3.05, 3.63) is 71.8 Å². The number of aromatic nitrogens is 1. The van der Waals surface area contributed by atoms with Crippen LogP contribution in [0.15, 0.2) is 60.7 Å². The molecule has 1 aliphatic heterocycles. The van der Waals surface area contributed by atoms with Crippen LogP contribution in [0.25, 0.3) is 33.3 Å². The molecule has 5 heteroatoms. The smallest absolute Gasteiger partial charge is 0.231 e. The molecule has 0 fully saturated rings.